The minimum Gasteiger partial charge on any atom is -0.495 e. The van der Waals surface area contributed by atoms with E-state index in [1.807, 2.05) is 30.0 Å². The second-order valence-electron chi connectivity index (χ2n) is 6.06. The van der Waals surface area contributed by atoms with Gasteiger partial charge in [-0.15, -0.1) is 0 Å². The summed E-state index contributed by atoms with van der Waals surface area (Å²) in [5.41, 5.74) is 2.38. The van der Waals surface area contributed by atoms with Crippen molar-refractivity contribution in [3.63, 3.8) is 0 Å². The second kappa shape index (κ2) is 8.40. The zero-order valence-electron chi connectivity index (χ0n) is 15.4. The molecule has 1 amide bonds. The zero-order valence-corrected chi connectivity index (χ0v) is 16.3. The van der Waals surface area contributed by atoms with Crippen molar-refractivity contribution < 1.29 is 9.53 Å². The normalized spacial score (nSPS) is 14.4. The van der Waals surface area contributed by atoms with Crippen LogP contribution in [0.5, 0.6) is 5.75 Å². The van der Waals surface area contributed by atoms with Crippen LogP contribution in [0.1, 0.15) is 23.1 Å². The molecule has 0 saturated carbocycles. The predicted octanol–water partition coefficient (Wildman–Crippen LogP) is 2.87. The summed E-state index contributed by atoms with van der Waals surface area (Å²) in [4.78, 5) is 25.8. The van der Waals surface area contributed by atoms with Gasteiger partial charge in [0.1, 0.15) is 11.4 Å². The van der Waals surface area contributed by atoms with E-state index in [-0.39, 0.29) is 5.91 Å². The molecule has 0 N–H and O–H groups in total. The number of anilines is 1. The van der Waals surface area contributed by atoms with Crippen molar-refractivity contribution in [2.45, 2.75) is 19.0 Å². The molecule has 1 aliphatic rings. The number of hydrogen-bond acceptors (Lipinski definition) is 6. The van der Waals surface area contributed by atoms with Gasteiger partial charge >= 0.3 is 0 Å². The van der Waals surface area contributed by atoms with Crippen LogP contribution < -0.4 is 9.64 Å². The van der Waals surface area contributed by atoms with E-state index in [0.29, 0.717) is 23.9 Å². The molecular weight excluding hydrogens is 348 g/mol. The number of ether oxygens (including phenoxy) is 1. The lowest BCUT2D eigenvalue weighted by molar-refractivity contribution is 0.0739. The number of carbonyl (C=O) groups is 1. The number of carbonyl (C=O) groups excluding carboxylic acids is 1. The van der Waals surface area contributed by atoms with Crippen LogP contribution in [0.15, 0.2) is 35.5 Å². The zero-order chi connectivity index (χ0) is 18.5. The number of aromatic nitrogens is 2. The summed E-state index contributed by atoms with van der Waals surface area (Å²) >= 11 is 1.55. The lowest BCUT2D eigenvalue weighted by Crippen LogP contribution is -2.49. The first-order valence-electron chi connectivity index (χ1n) is 8.78. The van der Waals surface area contributed by atoms with Gasteiger partial charge in [-0.2, -0.15) is 0 Å². The van der Waals surface area contributed by atoms with Crippen LogP contribution in [0.25, 0.3) is 0 Å². The summed E-state index contributed by atoms with van der Waals surface area (Å²) in [6.45, 7) is 6.82. The summed E-state index contributed by atoms with van der Waals surface area (Å²) in [5, 5.41) is 0.670. The second-order valence-corrected chi connectivity index (χ2v) is 7.29. The van der Waals surface area contributed by atoms with Gasteiger partial charge in [-0.1, -0.05) is 30.8 Å². The maximum absolute atomic E-state index is 12.9. The van der Waals surface area contributed by atoms with Gasteiger partial charge in [0.05, 0.1) is 12.8 Å². The average molecular weight is 372 g/mol. The summed E-state index contributed by atoms with van der Waals surface area (Å²) < 4.78 is 5.45. The third-order valence-corrected chi connectivity index (χ3v) is 5.05. The molecule has 0 spiro atoms. The van der Waals surface area contributed by atoms with Crippen molar-refractivity contribution in [3.05, 3.63) is 41.7 Å². The first kappa shape index (κ1) is 18.5. The van der Waals surface area contributed by atoms with E-state index in [1.165, 1.54) is 0 Å². The van der Waals surface area contributed by atoms with Gasteiger partial charge in [0.15, 0.2) is 5.16 Å². The van der Waals surface area contributed by atoms with Gasteiger partial charge in [-0.25, -0.2) is 9.97 Å². The van der Waals surface area contributed by atoms with Crippen molar-refractivity contribution in [1.82, 2.24) is 14.9 Å². The summed E-state index contributed by atoms with van der Waals surface area (Å²) in [5.74, 6) is 1.72. The SMILES string of the molecule is CCSc1nc(C)cc(C(=O)N2CCN(c3ccccc3OC)CC2)n1. The van der Waals surface area contributed by atoms with Crippen molar-refractivity contribution in [2.75, 3.05) is 43.9 Å². The van der Waals surface area contributed by atoms with Crippen molar-refractivity contribution >= 4 is 23.4 Å². The molecule has 138 valence electrons. The molecule has 0 radical (unpaired) electrons. The molecule has 7 heteroatoms. The number of amides is 1. The largest absolute Gasteiger partial charge is 0.495 e. The number of thioether (sulfide) groups is 1. The maximum Gasteiger partial charge on any atom is 0.272 e. The molecule has 1 fully saturated rings. The molecule has 3 rings (SSSR count). The Morgan fingerprint density at radius 2 is 1.92 bits per heavy atom. The number of hydrogen-bond donors (Lipinski definition) is 0. The van der Waals surface area contributed by atoms with Gasteiger partial charge in [0.2, 0.25) is 0 Å². The van der Waals surface area contributed by atoms with E-state index in [2.05, 4.69) is 27.9 Å². The number of piperazine rings is 1. The van der Waals surface area contributed by atoms with Gasteiger partial charge in [0.25, 0.3) is 5.91 Å². The topological polar surface area (TPSA) is 58.6 Å². The van der Waals surface area contributed by atoms with E-state index in [9.17, 15) is 4.79 Å². The smallest absolute Gasteiger partial charge is 0.272 e. The molecule has 6 nitrogen and oxygen atoms in total. The number of methoxy groups -OCH3 is 1. The van der Waals surface area contributed by atoms with Crippen LogP contribution in [-0.2, 0) is 0 Å². The Labute approximate surface area is 158 Å². The maximum atomic E-state index is 12.9. The van der Waals surface area contributed by atoms with Crippen LogP contribution in [0.2, 0.25) is 0 Å². The van der Waals surface area contributed by atoms with E-state index >= 15 is 0 Å². The molecule has 0 aliphatic carbocycles. The van der Waals surface area contributed by atoms with Crippen molar-refractivity contribution in [1.29, 1.82) is 0 Å². The van der Waals surface area contributed by atoms with Gasteiger partial charge in [0, 0.05) is 31.9 Å². The third-order valence-electron chi connectivity index (χ3n) is 4.32. The van der Waals surface area contributed by atoms with Gasteiger partial charge in [-0.3, -0.25) is 4.79 Å². The Balaban J connectivity index is 1.69. The minimum atomic E-state index is -0.0203. The molecule has 1 aromatic carbocycles. The van der Waals surface area contributed by atoms with Gasteiger partial charge in [-0.05, 0) is 30.9 Å². The first-order chi connectivity index (χ1) is 12.6. The molecule has 2 aromatic rings. The van der Waals surface area contributed by atoms with Crippen LogP contribution in [0, 0.1) is 6.92 Å². The number of benzene rings is 1. The van der Waals surface area contributed by atoms with E-state index in [4.69, 9.17) is 4.74 Å². The number of aryl methyl sites for hydroxylation is 1. The highest BCUT2D eigenvalue weighted by Gasteiger charge is 2.25. The molecule has 1 aromatic heterocycles. The number of para-hydroxylation sites is 2. The molecule has 0 atom stereocenters. The van der Waals surface area contributed by atoms with Crippen LogP contribution in [-0.4, -0.2) is 59.8 Å². The van der Waals surface area contributed by atoms with E-state index in [1.54, 1.807) is 24.9 Å². The fourth-order valence-electron chi connectivity index (χ4n) is 3.05. The van der Waals surface area contributed by atoms with Crippen LogP contribution in [0.3, 0.4) is 0 Å². The Morgan fingerprint density at radius 3 is 2.62 bits per heavy atom. The summed E-state index contributed by atoms with van der Waals surface area (Å²) in [6.07, 6.45) is 0. The van der Waals surface area contributed by atoms with Crippen LogP contribution in [0.4, 0.5) is 5.69 Å². The highest BCUT2D eigenvalue weighted by molar-refractivity contribution is 7.99. The highest BCUT2D eigenvalue weighted by atomic mass is 32.2. The Morgan fingerprint density at radius 1 is 1.19 bits per heavy atom. The van der Waals surface area contributed by atoms with Crippen molar-refractivity contribution in [3.8, 4) is 5.75 Å². The highest BCUT2D eigenvalue weighted by Crippen LogP contribution is 2.28. The lowest BCUT2D eigenvalue weighted by Gasteiger charge is -2.36. The van der Waals surface area contributed by atoms with Crippen LogP contribution >= 0.6 is 11.8 Å². The Hall–Kier alpha value is -2.28. The summed E-state index contributed by atoms with van der Waals surface area (Å²) in [7, 11) is 1.68. The van der Waals surface area contributed by atoms with Crippen molar-refractivity contribution in [2.24, 2.45) is 0 Å². The Kier molecular flexibility index (Phi) is 5.98. The number of nitrogens with zero attached hydrogens (tertiary/aromatic N) is 4. The van der Waals surface area contributed by atoms with E-state index < -0.39 is 0 Å². The predicted molar refractivity (Wildman–Crippen MR) is 104 cm³/mol. The minimum absolute atomic E-state index is 0.0203. The molecule has 1 saturated heterocycles. The molecule has 2 heterocycles. The monoisotopic (exact) mass is 372 g/mol. The molecule has 26 heavy (non-hydrogen) atoms. The average Bonchev–Trinajstić information content (AvgIpc) is 2.67. The quantitative estimate of drug-likeness (QED) is 0.594. The third kappa shape index (κ3) is 4.09. The first-order valence-corrected chi connectivity index (χ1v) is 9.76. The number of rotatable bonds is 5. The molecule has 0 bridgehead atoms. The van der Waals surface area contributed by atoms with E-state index in [0.717, 1.165) is 36.0 Å². The summed E-state index contributed by atoms with van der Waals surface area (Å²) in [6, 6.07) is 9.76. The Bertz CT molecular complexity index is 776. The lowest BCUT2D eigenvalue weighted by atomic mass is 10.2. The van der Waals surface area contributed by atoms with Gasteiger partial charge < -0.3 is 14.5 Å². The molecule has 0 unspecified atom stereocenters. The molecular formula is C19H24N4O2S. The fourth-order valence-corrected chi connectivity index (χ4v) is 3.68. The fraction of sp³-hybridized carbons (Fsp3) is 0.421. The molecule has 1 aliphatic heterocycles. The standard InChI is InChI=1S/C19H24N4O2S/c1-4-26-19-20-14(2)13-15(21-19)18(24)23-11-9-22(10-12-23)16-7-5-6-8-17(16)25-3/h5-8,13H,4,9-12H2,1-3H3.